The van der Waals surface area contributed by atoms with E-state index in [1.54, 1.807) is 32.8 Å². The molecule has 0 amide bonds. The first-order valence-electron chi connectivity index (χ1n) is 31.0. The summed E-state index contributed by atoms with van der Waals surface area (Å²) in [7, 11) is -18.6. The maximum Gasteiger partial charge on any atom is 0.269 e. The van der Waals surface area contributed by atoms with Crippen molar-refractivity contribution in [2.75, 3.05) is 212 Å². The molecule has 35 heteroatoms. The Kier molecular flexibility index (Phi) is 25.3. The predicted molar refractivity (Wildman–Crippen MR) is 325 cm³/mol. The van der Waals surface area contributed by atoms with Crippen molar-refractivity contribution < 1.29 is 101 Å². The van der Waals surface area contributed by atoms with Gasteiger partial charge in [-0.05, 0) is 61.7 Å². The van der Waals surface area contributed by atoms with Gasteiger partial charge >= 0.3 is 0 Å². The highest BCUT2D eigenvalue weighted by molar-refractivity contribution is 7.59. The molecule has 8 unspecified atom stereocenters. The molecule has 0 aromatic carbocycles. The molecule has 22 atom stereocenters. The number of rotatable bonds is 28. The van der Waals surface area contributed by atoms with E-state index in [1.807, 2.05) is 34.7 Å². The van der Waals surface area contributed by atoms with Gasteiger partial charge in [-0.3, -0.25) is 32.0 Å². The van der Waals surface area contributed by atoms with Crippen LogP contribution in [0.4, 0.5) is 0 Å². The maximum atomic E-state index is 14.4. The second kappa shape index (κ2) is 31.3. The average molecular weight is 1360 g/mol. The second-order valence-corrected chi connectivity index (χ2v) is 42.0. The van der Waals surface area contributed by atoms with Crippen LogP contribution in [0.3, 0.4) is 0 Å². The number of hydrogen-bond donors (Lipinski definition) is 0. The van der Waals surface area contributed by atoms with Crippen LogP contribution in [0, 0.1) is 0 Å². The van der Waals surface area contributed by atoms with Crippen LogP contribution in [0.15, 0.2) is 0 Å². The van der Waals surface area contributed by atoms with Crippen LogP contribution < -0.4 is 0 Å². The Morgan fingerprint density at radius 3 is 1.13 bits per heavy atom. The molecule has 0 aliphatic carbocycles. The number of morpholine rings is 6. The molecule has 7 saturated heterocycles. The molecule has 28 nitrogen and oxygen atoms in total. The molecule has 85 heavy (non-hydrogen) atoms. The zero-order chi connectivity index (χ0) is 65.0. The Hall–Kier alpha value is 0.770. The van der Waals surface area contributed by atoms with Gasteiger partial charge in [-0.2, -0.15) is 0 Å². The zero-order valence-corrected chi connectivity index (χ0v) is 58.6. The van der Waals surface area contributed by atoms with Crippen molar-refractivity contribution >= 4 is 52.5 Å². The van der Waals surface area contributed by atoms with Crippen molar-refractivity contribution in [3.05, 3.63) is 0 Å². The standard InChI is InChI=1S/C50H102N7O21P7/c1-39-22-52(7)26-46(75-39)35-72-81(10,60)53-16-19-66-44(27-53)33-68-79(8,58)50-15-18-65-43(21-50)32-70-83(12,62)55-23-41(3)77-48(30-55)37-73-82(11,61)54-17-20-67-45(28-54)34-71-84(13,63)56-24-42(4)78-49(31-56)38-74-85(14,64)57-25-40(2)76-47(29-57)36-69-80(9,59)51(5)6/h39-50H,15-38H2,1-14H3/t39-,40-,41-,42-,43-,44-,45-,46-,47-,48-,49-,50?,79?,80?,81?,82?,83?,84?,85?/m0/s1/i18T,19T,20T/t18-,19+,20+,39-,40-,41-,42-,43-,44-,45-,46-,47-,48-,49-,50?,79?,80?,81?,82?,83?,84?,85?. The summed E-state index contributed by atoms with van der Waals surface area (Å²) in [5.41, 5.74) is -0.605. The minimum atomic E-state index is -3.63. The minimum Gasteiger partial charge on any atom is -0.376 e. The summed E-state index contributed by atoms with van der Waals surface area (Å²) >= 11 is 0. The van der Waals surface area contributed by atoms with E-state index >= 15 is 0 Å². The Bertz CT molecular complexity index is 2630. The lowest BCUT2D eigenvalue weighted by Gasteiger charge is -2.42. The van der Waals surface area contributed by atoms with E-state index in [-0.39, 0.29) is 142 Å². The third kappa shape index (κ3) is 21.9. The highest BCUT2D eigenvalue weighted by Gasteiger charge is 2.44. The van der Waals surface area contributed by atoms with Crippen LogP contribution in [0.5, 0.6) is 0 Å². The monoisotopic (exact) mass is 1360 g/mol. The first-order chi connectivity index (χ1) is 40.8. The van der Waals surface area contributed by atoms with Crippen molar-refractivity contribution in [3.63, 3.8) is 0 Å². The fraction of sp³-hybridized carbons (Fsp3) is 1.00. The SMILES string of the molecule is [3H][C@@H]1CN(P(C)(=O)OC[C@@H]2CN(C)C[C@H](C)O2)C[C@@H](COP(C)(=O)C2C[C@@H](COP(C)(=O)N3C[C@@H](COP(C)(=O)N4C[C@@H](COP(C)(=O)N5C[C@@H](COP(C)(=O)N6C[C@@H](COP(C)(=O)N(C)C)O[C@@H](C)C6)O[C@@H](C)C5)O[C@H]([3H])C4)O[C@@H](C)C3)O[C@@H]([3H])C2)O1. The Morgan fingerprint density at radius 1 is 0.412 bits per heavy atom. The Balaban J connectivity index is 0.844. The normalized spacial score (nSPS) is 39.8. The van der Waals surface area contributed by atoms with Gasteiger partial charge in [0.1, 0.15) is 0 Å². The molecule has 7 aliphatic heterocycles. The van der Waals surface area contributed by atoms with Gasteiger partial charge in [-0.1, -0.05) is 0 Å². The largest absolute Gasteiger partial charge is 0.376 e. The molecular formula is C50H102N7O21P7. The summed E-state index contributed by atoms with van der Waals surface area (Å²) in [6.07, 6.45) is -5.10. The van der Waals surface area contributed by atoms with Crippen LogP contribution in [0.25, 0.3) is 0 Å². The molecule has 0 aromatic rings. The third-order valence-electron chi connectivity index (χ3n) is 16.1. The fourth-order valence-electron chi connectivity index (χ4n) is 11.0. The van der Waals surface area contributed by atoms with Crippen molar-refractivity contribution in [3.8, 4) is 0 Å². The first kappa shape index (κ1) is 68.6. The number of nitrogens with zero attached hydrogens (tertiary/aromatic N) is 7. The lowest BCUT2D eigenvalue weighted by atomic mass is 10.1. The van der Waals surface area contributed by atoms with E-state index in [1.165, 1.54) is 56.0 Å². The van der Waals surface area contributed by atoms with Crippen molar-refractivity contribution in [1.29, 1.82) is 0 Å². The zero-order valence-electron chi connectivity index (χ0n) is 55.3. The molecule has 7 fully saturated rings. The van der Waals surface area contributed by atoms with E-state index in [0.29, 0.717) is 13.1 Å². The summed E-state index contributed by atoms with van der Waals surface area (Å²) in [6.45, 7) is 17.1. The highest BCUT2D eigenvalue weighted by atomic mass is 31.2. The molecule has 0 spiro atoms. The lowest BCUT2D eigenvalue weighted by molar-refractivity contribution is -0.0864. The topological polar surface area (TPSA) is 271 Å². The minimum absolute atomic E-state index is 0.00878. The number of ether oxygens (including phenoxy) is 7. The Morgan fingerprint density at radius 2 is 0.729 bits per heavy atom. The van der Waals surface area contributed by atoms with Gasteiger partial charge in [0.25, 0.3) is 45.1 Å². The van der Waals surface area contributed by atoms with Gasteiger partial charge in [-0.25, -0.2) is 28.0 Å². The van der Waals surface area contributed by atoms with E-state index in [2.05, 4.69) is 4.90 Å². The molecule has 7 rings (SSSR count). The first-order valence-corrected chi connectivity index (χ1v) is 43.6. The van der Waals surface area contributed by atoms with Crippen LogP contribution >= 0.6 is 52.5 Å². The van der Waals surface area contributed by atoms with Crippen LogP contribution in [0.1, 0.15) is 44.6 Å². The van der Waals surface area contributed by atoms with Crippen LogP contribution in [0.2, 0.25) is 0 Å². The molecular weight excluding hydrogens is 1250 g/mol. The Labute approximate surface area is 510 Å². The van der Waals surface area contributed by atoms with Gasteiger partial charge in [0.15, 0.2) is 0 Å². The molecule has 498 valence electrons. The summed E-state index contributed by atoms with van der Waals surface area (Å²) in [5.74, 6) is 0. The molecule has 0 bridgehead atoms. The van der Waals surface area contributed by atoms with Gasteiger partial charge in [0.2, 0.25) is 7.37 Å². The molecule has 0 radical (unpaired) electrons. The molecule has 0 saturated carbocycles. The van der Waals surface area contributed by atoms with E-state index in [0.717, 1.165) is 6.54 Å². The second-order valence-electron chi connectivity index (χ2n) is 24.4. The van der Waals surface area contributed by atoms with E-state index < -0.39 is 121 Å². The van der Waals surface area contributed by atoms with Crippen LogP contribution in [-0.2, 0) is 96.8 Å². The highest BCUT2D eigenvalue weighted by Crippen LogP contribution is 2.56. The lowest BCUT2D eigenvalue weighted by Crippen LogP contribution is -2.48. The smallest absolute Gasteiger partial charge is 0.269 e. The maximum absolute atomic E-state index is 14.4. The number of hydrogen-bond acceptors (Lipinski definition) is 22. The molecule has 0 aromatic heterocycles. The average Bonchev–Trinajstić information content (AvgIpc) is 3.58. The summed E-state index contributed by atoms with van der Waals surface area (Å²) in [5, 5.41) is 0. The van der Waals surface area contributed by atoms with Gasteiger partial charge < -0.3 is 69.7 Å². The van der Waals surface area contributed by atoms with Crippen LogP contribution in [-0.4, -0.2) is 318 Å². The summed E-state index contributed by atoms with van der Waals surface area (Å²) in [6, 6.07) is 0. The van der Waals surface area contributed by atoms with E-state index in [4.69, 9.17) is 68.9 Å². The van der Waals surface area contributed by atoms with Gasteiger partial charge in [-0.15, -0.1) is 0 Å². The summed E-state index contributed by atoms with van der Waals surface area (Å²) in [4.78, 5) is 2.13. The predicted octanol–water partition coefficient (Wildman–Crippen LogP) is 6.45. The fourth-order valence-corrected chi connectivity index (χ4v) is 21.2. The number of likely N-dealkylation sites (N-methyl/N-ethyl adjacent to an activating group) is 1. The van der Waals surface area contributed by atoms with Crippen molar-refractivity contribution in [1.82, 2.24) is 32.9 Å². The quantitative estimate of drug-likeness (QED) is 0.0762. The molecule has 7 heterocycles. The van der Waals surface area contributed by atoms with E-state index in [9.17, 15) is 32.0 Å². The summed E-state index contributed by atoms with van der Waals surface area (Å²) < 4.78 is 217. The van der Waals surface area contributed by atoms with Crippen molar-refractivity contribution in [2.45, 2.75) is 113 Å². The molecule has 7 aliphatic rings. The van der Waals surface area contributed by atoms with Crippen molar-refractivity contribution in [2.24, 2.45) is 0 Å². The third-order valence-corrected chi connectivity index (χ3v) is 30.5. The van der Waals surface area contributed by atoms with Gasteiger partial charge in [0, 0.05) is 137 Å². The van der Waals surface area contributed by atoms with Gasteiger partial charge in [0.05, 0.1) is 131 Å². The molecule has 0 N–H and O–H groups in total.